The third-order valence-electron chi connectivity index (χ3n) is 4.53. The SMILES string of the molecule is CSC(=S)O[C@H]1COC(C)(C)O[C@@H]1CCO[Si](C)(C)C(C)(C)C. The lowest BCUT2D eigenvalue weighted by atomic mass is 10.1. The van der Waals surface area contributed by atoms with Crippen LogP contribution in [0.25, 0.3) is 0 Å². The molecule has 1 heterocycles. The topological polar surface area (TPSA) is 36.9 Å². The van der Waals surface area contributed by atoms with Crippen molar-refractivity contribution in [3.63, 3.8) is 0 Å². The third kappa shape index (κ3) is 6.63. The van der Waals surface area contributed by atoms with Crippen LogP contribution in [-0.4, -0.2) is 50.2 Å². The summed E-state index contributed by atoms with van der Waals surface area (Å²) in [6.45, 7) is 16.3. The number of thioether (sulfide) groups is 1. The first-order valence-corrected chi connectivity index (χ1v) is 12.6. The molecule has 23 heavy (non-hydrogen) atoms. The monoisotopic (exact) mass is 380 g/mol. The fraction of sp³-hybridized carbons (Fsp3) is 0.938. The highest BCUT2D eigenvalue weighted by molar-refractivity contribution is 8.22. The second-order valence-corrected chi connectivity index (χ2v) is 14.1. The Bertz CT molecular complexity index is 407. The first-order valence-electron chi connectivity index (χ1n) is 8.08. The molecule has 0 saturated carbocycles. The average Bonchev–Trinajstić information content (AvgIpc) is 2.39. The van der Waals surface area contributed by atoms with Crippen LogP contribution >= 0.6 is 24.0 Å². The van der Waals surface area contributed by atoms with Gasteiger partial charge in [0.15, 0.2) is 14.1 Å². The van der Waals surface area contributed by atoms with Crippen LogP contribution in [0.5, 0.6) is 0 Å². The van der Waals surface area contributed by atoms with Gasteiger partial charge in [0, 0.05) is 6.61 Å². The fourth-order valence-corrected chi connectivity index (χ4v) is 3.44. The molecule has 0 radical (unpaired) electrons. The van der Waals surface area contributed by atoms with E-state index in [2.05, 4.69) is 33.9 Å². The molecule has 1 fully saturated rings. The van der Waals surface area contributed by atoms with E-state index in [-0.39, 0.29) is 17.2 Å². The minimum atomic E-state index is -1.74. The van der Waals surface area contributed by atoms with Gasteiger partial charge in [0.1, 0.15) is 12.2 Å². The fourth-order valence-electron chi connectivity index (χ4n) is 2.04. The van der Waals surface area contributed by atoms with Crippen LogP contribution in [0.2, 0.25) is 18.1 Å². The third-order valence-corrected chi connectivity index (χ3v) is 10.1. The maximum Gasteiger partial charge on any atom is 0.220 e. The van der Waals surface area contributed by atoms with Gasteiger partial charge >= 0.3 is 0 Å². The molecule has 1 rings (SSSR count). The minimum Gasteiger partial charge on any atom is -0.470 e. The van der Waals surface area contributed by atoms with Crippen LogP contribution in [0.3, 0.4) is 0 Å². The lowest BCUT2D eigenvalue weighted by molar-refractivity contribution is -0.302. The smallest absolute Gasteiger partial charge is 0.220 e. The van der Waals surface area contributed by atoms with Crippen LogP contribution in [-0.2, 0) is 18.6 Å². The average molecular weight is 381 g/mol. The molecule has 1 aliphatic heterocycles. The van der Waals surface area contributed by atoms with E-state index in [4.69, 9.17) is 30.9 Å². The van der Waals surface area contributed by atoms with Crippen molar-refractivity contribution in [3.8, 4) is 0 Å². The molecule has 2 atom stereocenters. The molecule has 1 saturated heterocycles. The highest BCUT2D eigenvalue weighted by Gasteiger charge is 2.40. The summed E-state index contributed by atoms with van der Waals surface area (Å²) in [5.74, 6) is -0.595. The van der Waals surface area contributed by atoms with Crippen LogP contribution in [0.15, 0.2) is 0 Å². The Morgan fingerprint density at radius 2 is 1.96 bits per heavy atom. The Balaban J connectivity index is 2.63. The summed E-state index contributed by atoms with van der Waals surface area (Å²) in [5, 5.41) is 0.207. The predicted molar refractivity (Wildman–Crippen MR) is 104 cm³/mol. The maximum absolute atomic E-state index is 6.27. The van der Waals surface area contributed by atoms with E-state index in [9.17, 15) is 0 Å². The summed E-state index contributed by atoms with van der Waals surface area (Å²) in [4.78, 5) is 0. The van der Waals surface area contributed by atoms with Crippen molar-refractivity contribution in [1.82, 2.24) is 0 Å². The molecule has 0 aromatic heterocycles. The summed E-state index contributed by atoms with van der Waals surface area (Å²) < 4.78 is 24.3. The summed E-state index contributed by atoms with van der Waals surface area (Å²) in [6.07, 6.45) is 2.44. The van der Waals surface area contributed by atoms with Crippen molar-refractivity contribution in [2.45, 2.75) is 77.2 Å². The molecule has 136 valence electrons. The minimum absolute atomic E-state index is 0.0754. The van der Waals surface area contributed by atoms with Crippen molar-refractivity contribution >= 4 is 36.7 Å². The Hall–Kier alpha value is 0.337. The van der Waals surface area contributed by atoms with Crippen molar-refractivity contribution in [3.05, 3.63) is 0 Å². The second kappa shape index (κ2) is 8.14. The van der Waals surface area contributed by atoms with Crippen molar-refractivity contribution in [1.29, 1.82) is 0 Å². The van der Waals surface area contributed by atoms with Crippen molar-refractivity contribution < 1.29 is 18.6 Å². The van der Waals surface area contributed by atoms with E-state index in [0.29, 0.717) is 17.6 Å². The van der Waals surface area contributed by atoms with Gasteiger partial charge in [-0.15, -0.1) is 0 Å². The summed E-state index contributed by atoms with van der Waals surface area (Å²) >= 11 is 6.60. The number of rotatable bonds is 5. The number of hydrogen-bond donors (Lipinski definition) is 0. The highest BCUT2D eigenvalue weighted by Crippen LogP contribution is 2.37. The van der Waals surface area contributed by atoms with Gasteiger partial charge < -0.3 is 18.6 Å². The number of ether oxygens (including phenoxy) is 3. The summed E-state index contributed by atoms with van der Waals surface area (Å²) in [7, 11) is -1.74. The number of hydrogen-bond acceptors (Lipinski definition) is 6. The molecule has 0 bridgehead atoms. The Morgan fingerprint density at radius 1 is 1.35 bits per heavy atom. The van der Waals surface area contributed by atoms with Crippen LogP contribution in [0, 0.1) is 0 Å². The highest BCUT2D eigenvalue weighted by atomic mass is 32.2. The molecule has 0 spiro atoms. The maximum atomic E-state index is 6.27. The van der Waals surface area contributed by atoms with Crippen LogP contribution < -0.4 is 0 Å². The lowest BCUT2D eigenvalue weighted by Crippen LogP contribution is -2.51. The van der Waals surface area contributed by atoms with Gasteiger partial charge in [0.05, 0.1) is 6.61 Å². The molecule has 1 aliphatic rings. The van der Waals surface area contributed by atoms with Gasteiger partial charge in [-0.05, 0) is 56.9 Å². The van der Waals surface area contributed by atoms with Gasteiger partial charge in [-0.1, -0.05) is 32.5 Å². The Kier molecular flexibility index (Phi) is 7.57. The molecular weight excluding hydrogens is 348 g/mol. The molecule has 7 heteroatoms. The van der Waals surface area contributed by atoms with E-state index < -0.39 is 14.1 Å². The van der Waals surface area contributed by atoms with Gasteiger partial charge in [-0.2, -0.15) is 0 Å². The standard InChI is InChI=1S/C16H32O4S2Si/c1-15(2,3)23(7,8)18-10-9-12-13(19-14(21)22-6)11-17-16(4,5)20-12/h12-13H,9-11H2,1-8H3/t12-,13+/m1/s1. The van der Waals surface area contributed by atoms with Gasteiger partial charge in [0.25, 0.3) is 0 Å². The molecule has 4 nitrogen and oxygen atoms in total. The van der Waals surface area contributed by atoms with Gasteiger partial charge in [0.2, 0.25) is 4.38 Å². The molecule has 0 unspecified atom stereocenters. The Morgan fingerprint density at radius 3 is 2.48 bits per heavy atom. The molecule has 0 aromatic carbocycles. The first kappa shape index (κ1) is 21.4. The van der Waals surface area contributed by atoms with Crippen LogP contribution in [0.1, 0.15) is 41.0 Å². The first-order chi connectivity index (χ1) is 10.4. The van der Waals surface area contributed by atoms with Crippen molar-refractivity contribution in [2.75, 3.05) is 19.5 Å². The normalized spacial score (nSPS) is 25.2. The second-order valence-electron chi connectivity index (χ2n) is 7.88. The summed E-state index contributed by atoms with van der Waals surface area (Å²) in [5.41, 5.74) is 0. The zero-order valence-electron chi connectivity index (χ0n) is 15.7. The van der Waals surface area contributed by atoms with E-state index >= 15 is 0 Å². The molecule has 0 amide bonds. The zero-order chi connectivity index (χ0) is 17.9. The largest absolute Gasteiger partial charge is 0.470 e. The van der Waals surface area contributed by atoms with Gasteiger partial charge in [-0.25, -0.2) is 0 Å². The van der Waals surface area contributed by atoms with E-state index in [0.717, 1.165) is 6.42 Å². The lowest BCUT2D eigenvalue weighted by Gasteiger charge is -2.41. The Labute approximate surface area is 152 Å². The molecule has 0 aromatic rings. The van der Waals surface area contributed by atoms with Gasteiger partial charge in [-0.3, -0.25) is 0 Å². The zero-order valence-corrected chi connectivity index (χ0v) is 18.4. The molecular formula is C16H32O4S2Si. The molecule has 0 N–H and O–H groups in total. The quantitative estimate of drug-likeness (QED) is 0.513. The summed E-state index contributed by atoms with van der Waals surface area (Å²) in [6, 6.07) is 0. The van der Waals surface area contributed by atoms with E-state index in [1.807, 2.05) is 20.1 Å². The molecule has 0 aliphatic carbocycles. The van der Waals surface area contributed by atoms with E-state index in [1.165, 1.54) is 11.8 Å². The predicted octanol–water partition coefficient (Wildman–Crippen LogP) is 4.58. The van der Waals surface area contributed by atoms with Crippen LogP contribution in [0.4, 0.5) is 0 Å². The number of thiocarbonyl (C=S) groups is 1. The van der Waals surface area contributed by atoms with Crippen molar-refractivity contribution in [2.24, 2.45) is 0 Å². The van der Waals surface area contributed by atoms with E-state index in [1.54, 1.807) is 0 Å².